The number of likely N-dealkylation sites (tertiary alicyclic amines) is 1. The number of hydrogen-bond donors (Lipinski definition) is 1. The monoisotopic (exact) mass is 407 g/mol. The number of aliphatic hydroxyl groups is 1. The number of anilines is 1. The summed E-state index contributed by atoms with van der Waals surface area (Å²) in [6.07, 6.45) is 3.02. The molecule has 0 saturated carbocycles. The van der Waals surface area contributed by atoms with E-state index < -0.39 is 0 Å². The third kappa shape index (κ3) is 3.00. The zero-order chi connectivity index (χ0) is 20.7. The van der Waals surface area contributed by atoms with Crippen LogP contribution in [0.5, 0.6) is 0 Å². The van der Waals surface area contributed by atoms with Crippen LogP contribution in [0.25, 0.3) is 0 Å². The van der Waals surface area contributed by atoms with Crippen molar-refractivity contribution in [3.8, 4) is 0 Å². The highest BCUT2D eigenvalue weighted by Gasteiger charge is 2.56. The molecule has 0 aliphatic carbocycles. The van der Waals surface area contributed by atoms with Crippen molar-refractivity contribution in [2.24, 2.45) is 5.92 Å². The summed E-state index contributed by atoms with van der Waals surface area (Å²) in [6.45, 7) is 1.51. The molecule has 30 heavy (non-hydrogen) atoms. The number of ether oxygens (including phenoxy) is 1. The lowest BCUT2D eigenvalue weighted by Crippen LogP contribution is -2.71. The van der Waals surface area contributed by atoms with Crippen molar-refractivity contribution in [3.63, 3.8) is 0 Å². The molecule has 2 saturated heterocycles. The first-order chi connectivity index (χ1) is 14.7. The van der Waals surface area contributed by atoms with E-state index in [9.17, 15) is 14.7 Å². The summed E-state index contributed by atoms with van der Waals surface area (Å²) in [7, 11) is 0. The minimum atomic E-state index is -0.251. The van der Waals surface area contributed by atoms with Crippen LogP contribution in [-0.2, 0) is 9.53 Å². The molecule has 1 aromatic carbocycles. The number of aliphatic hydroxyl groups excluding tert-OH is 1. The van der Waals surface area contributed by atoms with Gasteiger partial charge in [-0.1, -0.05) is 24.3 Å². The van der Waals surface area contributed by atoms with E-state index in [1.807, 2.05) is 29.2 Å². The summed E-state index contributed by atoms with van der Waals surface area (Å²) in [5.41, 5.74) is 2.23. The van der Waals surface area contributed by atoms with Gasteiger partial charge in [0.25, 0.3) is 5.91 Å². The van der Waals surface area contributed by atoms with E-state index in [1.165, 1.54) is 0 Å². The molecule has 2 fully saturated rings. The molecule has 7 nitrogen and oxygen atoms in total. The number of benzene rings is 1. The van der Waals surface area contributed by atoms with Gasteiger partial charge < -0.3 is 19.6 Å². The lowest BCUT2D eigenvalue weighted by atomic mass is 9.71. The Morgan fingerprint density at radius 1 is 1.10 bits per heavy atom. The second kappa shape index (κ2) is 7.81. The largest absolute Gasteiger partial charge is 0.394 e. The van der Waals surface area contributed by atoms with Gasteiger partial charge in [-0.2, -0.15) is 0 Å². The average Bonchev–Trinajstić information content (AvgIpc) is 2.80. The van der Waals surface area contributed by atoms with E-state index in [-0.39, 0.29) is 42.3 Å². The summed E-state index contributed by atoms with van der Waals surface area (Å²) >= 11 is 0. The molecule has 3 aliphatic rings. The molecule has 0 radical (unpaired) electrons. The molecule has 2 amide bonds. The minimum Gasteiger partial charge on any atom is -0.394 e. The van der Waals surface area contributed by atoms with E-state index in [1.54, 1.807) is 29.3 Å². The molecule has 0 unspecified atom stereocenters. The van der Waals surface area contributed by atoms with Gasteiger partial charge in [-0.25, -0.2) is 0 Å². The molecule has 156 valence electrons. The molecule has 3 atom stereocenters. The van der Waals surface area contributed by atoms with E-state index >= 15 is 0 Å². The Hall–Kier alpha value is -2.77. The fourth-order valence-corrected chi connectivity index (χ4v) is 5.17. The number of pyridine rings is 1. The van der Waals surface area contributed by atoms with Crippen LogP contribution in [0, 0.1) is 5.92 Å². The number of aromatic nitrogens is 1. The quantitative estimate of drug-likeness (QED) is 0.839. The second-order valence-corrected chi connectivity index (χ2v) is 8.16. The first-order valence-electron chi connectivity index (χ1n) is 10.5. The highest BCUT2D eigenvalue weighted by atomic mass is 16.5. The van der Waals surface area contributed by atoms with Crippen molar-refractivity contribution in [1.29, 1.82) is 0 Å². The van der Waals surface area contributed by atoms with Crippen LogP contribution in [0.15, 0.2) is 48.7 Å². The summed E-state index contributed by atoms with van der Waals surface area (Å²) < 4.78 is 5.41. The van der Waals surface area contributed by atoms with Crippen molar-refractivity contribution < 1.29 is 19.4 Å². The molecular weight excluding hydrogens is 382 g/mol. The van der Waals surface area contributed by atoms with Crippen molar-refractivity contribution >= 4 is 17.5 Å². The molecule has 1 N–H and O–H groups in total. The molecule has 3 aliphatic heterocycles. The predicted molar refractivity (Wildman–Crippen MR) is 110 cm³/mol. The Morgan fingerprint density at radius 2 is 1.87 bits per heavy atom. The molecule has 4 heterocycles. The molecule has 5 rings (SSSR count). The smallest absolute Gasteiger partial charge is 0.276 e. The van der Waals surface area contributed by atoms with E-state index in [4.69, 9.17) is 4.74 Å². The number of para-hydroxylation sites is 1. The summed E-state index contributed by atoms with van der Waals surface area (Å²) in [6, 6.07) is 12.7. The minimum absolute atomic E-state index is 0.0303. The van der Waals surface area contributed by atoms with Crippen LogP contribution in [0.1, 0.15) is 34.8 Å². The topological polar surface area (TPSA) is 83.0 Å². The third-order valence-corrected chi connectivity index (χ3v) is 6.64. The van der Waals surface area contributed by atoms with Crippen LogP contribution < -0.4 is 4.90 Å². The van der Waals surface area contributed by atoms with Crippen molar-refractivity contribution in [2.45, 2.75) is 30.8 Å². The fourth-order valence-electron chi connectivity index (χ4n) is 5.17. The SMILES string of the molecule is O=C(c1ccccn1)N1C[C@@H]2[C@H](c3ccccc31)[C@@H](CO)N2C(=O)C1CCOCC1. The molecular formula is C23H25N3O4. The summed E-state index contributed by atoms with van der Waals surface area (Å²) in [5, 5.41) is 10.1. The maximum Gasteiger partial charge on any atom is 0.276 e. The van der Waals surface area contributed by atoms with E-state index in [2.05, 4.69) is 4.98 Å². The van der Waals surface area contributed by atoms with E-state index in [0.717, 1.165) is 11.3 Å². The highest BCUT2D eigenvalue weighted by molar-refractivity contribution is 6.06. The van der Waals surface area contributed by atoms with Crippen LogP contribution in [0.2, 0.25) is 0 Å². The van der Waals surface area contributed by atoms with Crippen molar-refractivity contribution in [1.82, 2.24) is 9.88 Å². The molecule has 2 aromatic rings. The van der Waals surface area contributed by atoms with Gasteiger partial charge in [0.05, 0.1) is 18.7 Å². The summed E-state index contributed by atoms with van der Waals surface area (Å²) in [5.74, 6) is -0.149. The van der Waals surface area contributed by atoms with Crippen molar-refractivity contribution in [2.75, 3.05) is 31.3 Å². The lowest BCUT2D eigenvalue weighted by molar-refractivity contribution is -0.157. The number of hydrogen-bond acceptors (Lipinski definition) is 5. The van der Waals surface area contributed by atoms with Crippen LogP contribution in [0.3, 0.4) is 0 Å². The molecule has 1 aromatic heterocycles. The molecule has 0 spiro atoms. The van der Waals surface area contributed by atoms with Gasteiger partial charge in [-0.05, 0) is 36.6 Å². The first-order valence-corrected chi connectivity index (χ1v) is 10.5. The second-order valence-electron chi connectivity index (χ2n) is 8.16. The number of amides is 2. The standard InChI is InChI=1S/C23H25N3O4/c27-14-20-21-16-5-1-2-7-18(16)25(23(29)17-6-3-4-10-24-17)13-19(21)26(20)22(28)15-8-11-30-12-9-15/h1-7,10,15,19-21,27H,8-9,11-14H2/t19-,20-,21+/m1/s1. The van der Waals surface area contributed by atoms with Crippen LogP contribution >= 0.6 is 0 Å². The van der Waals surface area contributed by atoms with Gasteiger partial charge in [-0.15, -0.1) is 0 Å². The number of rotatable bonds is 3. The van der Waals surface area contributed by atoms with Gasteiger partial charge in [0.15, 0.2) is 0 Å². The first kappa shape index (κ1) is 19.2. The van der Waals surface area contributed by atoms with Crippen molar-refractivity contribution in [3.05, 3.63) is 59.9 Å². The highest BCUT2D eigenvalue weighted by Crippen LogP contribution is 2.49. The zero-order valence-electron chi connectivity index (χ0n) is 16.7. The molecule has 7 heteroatoms. The van der Waals surface area contributed by atoms with Gasteiger partial charge in [0.1, 0.15) is 5.69 Å². The number of fused-ring (bicyclic) bond motifs is 3. The normalized spacial score (nSPS) is 25.8. The Kier molecular flexibility index (Phi) is 5.00. The number of carbonyl (C=O) groups excluding carboxylic acids is 2. The Labute approximate surface area is 175 Å². The van der Waals surface area contributed by atoms with Gasteiger partial charge in [0, 0.05) is 43.5 Å². The maximum absolute atomic E-state index is 13.3. The van der Waals surface area contributed by atoms with Crippen LogP contribution in [0.4, 0.5) is 5.69 Å². The maximum atomic E-state index is 13.3. The van der Waals surface area contributed by atoms with E-state index in [0.29, 0.717) is 38.3 Å². The fraction of sp³-hybridized carbons (Fsp3) is 0.435. The predicted octanol–water partition coefficient (Wildman–Crippen LogP) is 1.82. The lowest BCUT2D eigenvalue weighted by Gasteiger charge is -2.59. The zero-order valence-corrected chi connectivity index (χ0v) is 16.7. The number of nitrogens with zero attached hydrogens (tertiary/aromatic N) is 3. The third-order valence-electron chi connectivity index (χ3n) is 6.64. The van der Waals surface area contributed by atoms with Gasteiger partial charge >= 0.3 is 0 Å². The number of carbonyl (C=O) groups is 2. The molecule has 0 bridgehead atoms. The Bertz CT molecular complexity index is 944. The Morgan fingerprint density at radius 3 is 2.60 bits per heavy atom. The Balaban J connectivity index is 1.49. The van der Waals surface area contributed by atoms with Gasteiger partial charge in [0.2, 0.25) is 5.91 Å². The summed E-state index contributed by atoms with van der Waals surface area (Å²) in [4.78, 5) is 34.4. The average molecular weight is 407 g/mol. The van der Waals surface area contributed by atoms with Crippen LogP contribution in [-0.4, -0.2) is 65.3 Å². The van der Waals surface area contributed by atoms with Gasteiger partial charge in [-0.3, -0.25) is 14.6 Å².